The van der Waals surface area contributed by atoms with E-state index in [1.54, 1.807) is 0 Å². The molecule has 3 rings (SSSR count). The summed E-state index contributed by atoms with van der Waals surface area (Å²) in [5.41, 5.74) is 5.15. The first-order valence-electron chi connectivity index (χ1n) is 6.68. The Morgan fingerprint density at radius 1 is 1.20 bits per heavy atom. The summed E-state index contributed by atoms with van der Waals surface area (Å²) in [6.07, 6.45) is 4.83. The van der Waals surface area contributed by atoms with Gasteiger partial charge in [0.1, 0.15) is 0 Å². The SMILES string of the molecule is CNC[C@H]1OCCc2ccc(-c3ccncc3)cc21.Cl. The number of pyridine rings is 1. The monoisotopic (exact) mass is 290 g/mol. The van der Waals surface area contributed by atoms with E-state index in [2.05, 4.69) is 28.5 Å². The molecule has 0 amide bonds. The maximum Gasteiger partial charge on any atom is 0.0952 e. The third kappa shape index (κ3) is 3.01. The highest BCUT2D eigenvalue weighted by atomic mass is 35.5. The molecule has 1 aromatic heterocycles. The van der Waals surface area contributed by atoms with Crippen LogP contribution < -0.4 is 5.32 Å². The van der Waals surface area contributed by atoms with Gasteiger partial charge in [-0.2, -0.15) is 0 Å². The molecule has 3 nitrogen and oxygen atoms in total. The van der Waals surface area contributed by atoms with Crippen molar-refractivity contribution in [2.45, 2.75) is 12.5 Å². The summed E-state index contributed by atoms with van der Waals surface area (Å²) in [5.74, 6) is 0. The number of hydrogen-bond donors (Lipinski definition) is 1. The second kappa shape index (κ2) is 6.84. The Bertz CT molecular complexity index is 560. The van der Waals surface area contributed by atoms with Crippen LogP contribution in [-0.4, -0.2) is 25.2 Å². The molecule has 1 N–H and O–H groups in total. The molecule has 1 aromatic carbocycles. The van der Waals surface area contributed by atoms with Crippen molar-refractivity contribution in [2.24, 2.45) is 0 Å². The van der Waals surface area contributed by atoms with Crippen LogP contribution in [0.15, 0.2) is 42.7 Å². The van der Waals surface area contributed by atoms with E-state index in [1.807, 2.05) is 31.6 Å². The van der Waals surface area contributed by atoms with Gasteiger partial charge in [-0.05, 0) is 53.9 Å². The highest BCUT2D eigenvalue weighted by Crippen LogP contribution is 2.30. The van der Waals surface area contributed by atoms with Gasteiger partial charge in [0.25, 0.3) is 0 Å². The van der Waals surface area contributed by atoms with E-state index in [4.69, 9.17) is 4.74 Å². The molecule has 1 aliphatic heterocycles. The Hall–Kier alpha value is -1.42. The van der Waals surface area contributed by atoms with E-state index in [-0.39, 0.29) is 18.5 Å². The molecule has 2 heterocycles. The fraction of sp³-hybridized carbons (Fsp3) is 0.312. The van der Waals surface area contributed by atoms with Crippen LogP contribution in [0.5, 0.6) is 0 Å². The van der Waals surface area contributed by atoms with Crippen molar-refractivity contribution in [1.29, 1.82) is 0 Å². The molecule has 20 heavy (non-hydrogen) atoms. The highest BCUT2D eigenvalue weighted by molar-refractivity contribution is 5.85. The number of hydrogen-bond acceptors (Lipinski definition) is 3. The lowest BCUT2D eigenvalue weighted by atomic mass is 9.93. The van der Waals surface area contributed by atoms with Gasteiger partial charge in [0.2, 0.25) is 0 Å². The van der Waals surface area contributed by atoms with Crippen molar-refractivity contribution in [3.8, 4) is 11.1 Å². The predicted molar refractivity (Wildman–Crippen MR) is 83.2 cm³/mol. The number of fused-ring (bicyclic) bond motifs is 1. The molecule has 1 atom stereocenters. The van der Waals surface area contributed by atoms with Crippen molar-refractivity contribution < 1.29 is 4.74 Å². The van der Waals surface area contributed by atoms with Gasteiger partial charge in [-0.1, -0.05) is 12.1 Å². The lowest BCUT2D eigenvalue weighted by molar-refractivity contribution is 0.0439. The molecule has 106 valence electrons. The van der Waals surface area contributed by atoms with E-state index in [1.165, 1.54) is 22.3 Å². The van der Waals surface area contributed by atoms with Crippen molar-refractivity contribution in [3.05, 3.63) is 53.9 Å². The second-order valence-electron chi connectivity index (χ2n) is 4.82. The number of ether oxygens (including phenoxy) is 1. The summed E-state index contributed by atoms with van der Waals surface area (Å²) in [7, 11) is 1.96. The van der Waals surface area contributed by atoms with Gasteiger partial charge in [0.15, 0.2) is 0 Å². The summed E-state index contributed by atoms with van der Waals surface area (Å²) in [6, 6.07) is 10.8. The minimum atomic E-state index is 0. The summed E-state index contributed by atoms with van der Waals surface area (Å²) in [6.45, 7) is 1.67. The molecule has 0 bridgehead atoms. The number of nitrogens with one attached hydrogen (secondary N) is 1. The standard InChI is InChI=1S/C16H18N2O.ClH/c1-17-11-16-15-10-14(12-4-7-18-8-5-12)3-2-13(15)6-9-19-16;/h2-5,7-8,10,16-17H,6,9,11H2,1H3;1H/t16-;/m1./s1. The third-order valence-electron chi connectivity index (χ3n) is 3.59. The van der Waals surface area contributed by atoms with E-state index in [0.717, 1.165) is 19.6 Å². The zero-order valence-corrected chi connectivity index (χ0v) is 12.3. The zero-order chi connectivity index (χ0) is 13.1. The van der Waals surface area contributed by atoms with Gasteiger partial charge in [0.05, 0.1) is 12.7 Å². The first-order valence-corrected chi connectivity index (χ1v) is 6.68. The van der Waals surface area contributed by atoms with Gasteiger partial charge in [-0.15, -0.1) is 12.4 Å². The van der Waals surface area contributed by atoms with Crippen LogP contribution in [0.3, 0.4) is 0 Å². The van der Waals surface area contributed by atoms with E-state index >= 15 is 0 Å². The maximum absolute atomic E-state index is 5.86. The molecule has 0 saturated carbocycles. The number of benzene rings is 1. The quantitative estimate of drug-likeness (QED) is 0.943. The molecule has 0 unspecified atom stereocenters. The molecule has 2 aromatic rings. The molecule has 0 aliphatic carbocycles. The lowest BCUT2D eigenvalue weighted by Gasteiger charge is -2.26. The van der Waals surface area contributed by atoms with Gasteiger partial charge in [-0.25, -0.2) is 0 Å². The largest absolute Gasteiger partial charge is 0.372 e. The molecule has 0 fully saturated rings. The summed E-state index contributed by atoms with van der Waals surface area (Å²) >= 11 is 0. The van der Waals surface area contributed by atoms with Crippen LogP contribution in [0.1, 0.15) is 17.2 Å². The van der Waals surface area contributed by atoms with Crippen LogP contribution in [0.2, 0.25) is 0 Å². The van der Waals surface area contributed by atoms with Crippen LogP contribution in [0, 0.1) is 0 Å². The zero-order valence-electron chi connectivity index (χ0n) is 11.5. The third-order valence-corrected chi connectivity index (χ3v) is 3.59. The minimum Gasteiger partial charge on any atom is -0.372 e. The first kappa shape index (κ1) is 15.0. The summed E-state index contributed by atoms with van der Waals surface area (Å²) in [5, 5.41) is 3.20. The van der Waals surface area contributed by atoms with E-state index < -0.39 is 0 Å². The Morgan fingerprint density at radius 3 is 2.75 bits per heavy atom. The van der Waals surface area contributed by atoms with Crippen LogP contribution >= 0.6 is 12.4 Å². The first-order chi connectivity index (χ1) is 9.38. The number of nitrogens with zero attached hydrogens (tertiary/aromatic N) is 1. The average Bonchev–Trinajstić information content (AvgIpc) is 2.48. The highest BCUT2D eigenvalue weighted by Gasteiger charge is 2.20. The molecule has 0 radical (unpaired) electrons. The number of aromatic nitrogens is 1. The van der Waals surface area contributed by atoms with Crippen LogP contribution in [0.25, 0.3) is 11.1 Å². The van der Waals surface area contributed by atoms with Crippen molar-refractivity contribution >= 4 is 12.4 Å². The van der Waals surface area contributed by atoms with Crippen molar-refractivity contribution in [3.63, 3.8) is 0 Å². The Labute approximate surface area is 125 Å². The van der Waals surface area contributed by atoms with Crippen molar-refractivity contribution in [2.75, 3.05) is 20.2 Å². The average molecular weight is 291 g/mol. The Balaban J connectivity index is 0.00000147. The summed E-state index contributed by atoms with van der Waals surface area (Å²) in [4.78, 5) is 4.07. The fourth-order valence-corrected chi connectivity index (χ4v) is 2.60. The Kier molecular flexibility index (Phi) is 5.12. The molecular formula is C16H19ClN2O. The fourth-order valence-electron chi connectivity index (χ4n) is 2.60. The van der Waals surface area contributed by atoms with Crippen LogP contribution in [-0.2, 0) is 11.2 Å². The van der Waals surface area contributed by atoms with Gasteiger partial charge in [-0.3, -0.25) is 4.98 Å². The van der Waals surface area contributed by atoms with Gasteiger partial charge < -0.3 is 10.1 Å². The normalized spacial score (nSPS) is 17.1. The molecular weight excluding hydrogens is 272 g/mol. The minimum absolute atomic E-state index is 0. The van der Waals surface area contributed by atoms with E-state index in [0.29, 0.717) is 0 Å². The van der Waals surface area contributed by atoms with Crippen LogP contribution in [0.4, 0.5) is 0 Å². The van der Waals surface area contributed by atoms with Gasteiger partial charge in [0, 0.05) is 18.9 Å². The van der Waals surface area contributed by atoms with E-state index in [9.17, 15) is 0 Å². The lowest BCUT2D eigenvalue weighted by Crippen LogP contribution is -2.25. The summed E-state index contributed by atoms with van der Waals surface area (Å²) < 4.78 is 5.86. The predicted octanol–water partition coefficient (Wildman–Crippen LogP) is 3.00. The number of likely N-dealkylation sites (N-methyl/N-ethyl adjacent to an activating group) is 1. The number of rotatable bonds is 3. The number of halogens is 1. The molecule has 4 heteroatoms. The topological polar surface area (TPSA) is 34.1 Å². The van der Waals surface area contributed by atoms with Gasteiger partial charge >= 0.3 is 0 Å². The smallest absolute Gasteiger partial charge is 0.0952 e. The molecule has 0 saturated heterocycles. The maximum atomic E-state index is 5.86. The molecule has 1 aliphatic rings. The van der Waals surface area contributed by atoms with Crippen molar-refractivity contribution in [1.82, 2.24) is 10.3 Å². The second-order valence-corrected chi connectivity index (χ2v) is 4.82. The molecule has 0 spiro atoms. The Morgan fingerprint density at radius 2 is 2.00 bits per heavy atom.